The van der Waals surface area contributed by atoms with Crippen molar-refractivity contribution >= 4 is 51.7 Å². The molecule has 11 nitrogen and oxygen atoms in total. The first-order valence-corrected chi connectivity index (χ1v) is 15.2. The van der Waals surface area contributed by atoms with Gasteiger partial charge in [-0.1, -0.05) is 11.6 Å². The van der Waals surface area contributed by atoms with Crippen LogP contribution in [0.3, 0.4) is 0 Å². The lowest BCUT2D eigenvalue weighted by atomic mass is 9.97. The number of nitrogens with one attached hydrogen (secondary N) is 1. The monoisotopic (exact) mass is 635 g/mol. The van der Waals surface area contributed by atoms with Gasteiger partial charge in [0.25, 0.3) is 0 Å². The van der Waals surface area contributed by atoms with Crippen LogP contribution in [-0.2, 0) is 22.5 Å². The number of carbonyl (C=O) groups excluding carboxylic acids is 2. The number of anilines is 3. The zero-order chi connectivity index (χ0) is 32.2. The number of hydrogen-bond donors (Lipinski definition) is 1. The van der Waals surface area contributed by atoms with Crippen LogP contribution in [0.2, 0.25) is 5.02 Å². The molecule has 6 rings (SSSR count). The summed E-state index contributed by atoms with van der Waals surface area (Å²) in [4.78, 5) is 38.0. The maximum atomic E-state index is 15.8. The number of pyridine rings is 2. The highest BCUT2D eigenvalue weighted by Gasteiger charge is 2.32. The van der Waals surface area contributed by atoms with Gasteiger partial charge in [-0.2, -0.15) is 5.10 Å². The molecule has 5 heterocycles. The number of benzene rings is 1. The third-order valence-electron chi connectivity index (χ3n) is 7.86. The Morgan fingerprint density at radius 2 is 1.89 bits per heavy atom. The summed E-state index contributed by atoms with van der Waals surface area (Å²) in [6, 6.07) is 5.48. The van der Waals surface area contributed by atoms with Gasteiger partial charge < -0.3 is 19.7 Å². The van der Waals surface area contributed by atoms with Gasteiger partial charge in [0.2, 0.25) is 11.8 Å². The first kappa shape index (κ1) is 30.6. The molecule has 0 spiro atoms. The number of amides is 2. The van der Waals surface area contributed by atoms with Crippen LogP contribution in [0.15, 0.2) is 30.6 Å². The van der Waals surface area contributed by atoms with E-state index in [0.29, 0.717) is 52.2 Å². The van der Waals surface area contributed by atoms with E-state index in [1.165, 1.54) is 17.3 Å². The number of halogens is 2. The molecule has 13 heteroatoms. The summed E-state index contributed by atoms with van der Waals surface area (Å²) in [6.07, 6.45) is 3.18. The fourth-order valence-electron chi connectivity index (χ4n) is 5.71. The average Bonchev–Trinajstić information content (AvgIpc) is 3.26. The van der Waals surface area contributed by atoms with E-state index in [2.05, 4.69) is 20.4 Å². The molecule has 0 radical (unpaired) electrons. The van der Waals surface area contributed by atoms with Crippen molar-refractivity contribution in [3.8, 4) is 17.0 Å². The minimum absolute atomic E-state index is 0.0270. The first-order valence-electron chi connectivity index (χ1n) is 14.8. The molecular weight excluding hydrogens is 601 g/mol. The zero-order valence-corrected chi connectivity index (χ0v) is 26.8. The van der Waals surface area contributed by atoms with Crippen molar-refractivity contribution in [3.63, 3.8) is 0 Å². The molecule has 1 N–H and O–H groups in total. The molecule has 4 aromatic rings. The second-order valence-electron chi connectivity index (χ2n) is 12.5. The van der Waals surface area contributed by atoms with Crippen molar-refractivity contribution in [1.29, 1.82) is 0 Å². The van der Waals surface area contributed by atoms with Crippen LogP contribution in [0.25, 0.3) is 21.9 Å². The van der Waals surface area contributed by atoms with E-state index in [4.69, 9.17) is 21.1 Å². The highest BCUT2D eigenvalue weighted by atomic mass is 35.5. The Bertz CT molecular complexity index is 1830. The molecule has 0 bridgehead atoms. The van der Waals surface area contributed by atoms with Gasteiger partial charge >= 0.3 is 6.09 Å². The Balaban J connectivity index is 1.34. The molecule has 3 aromatic heterocycles. The fraction of sp³-hybridized carbons (Fsp3) is 0.406. The number of fused-ring (bicyclic) bond motifs is 3. The van der Waals surface area contributed by atoms with Gasteiger partial charge in [-0.05, 0) is 64.6 Å². The maximum Gasteiger partial charge on any atom is 0.415 e. The predicted octanol–water partition coefficient (Wildman–Crippen LogP) is 6.26. The highest BCUT2D eigenvalue weighted by molar-refractivity contribution is 6.36. The predicted molar refractivity (Wildman–Crippen MR) is 170 cm³/mol. The Hall–Kier alpha value is -4.45. The van der Waals surface area contributed by atoms with Crippen LogP contribution < -0.4 is 15.0 Å². The number of rotatable bonds is 4. The molecule has 0 saturated heterocycles. The van der Waals surface area contributed by atoms with Crippen molar-refractivity contribution in [1.82, 2.24) is 24.6 Å². The Morgan fingerprint density at radius 1 is 1.11 bits per heavy atom. The highest BCUT2D eigenvalue weighted by Crippen LogP contribution is 2.42. The normalized spacial score (nSPS) is 15.1. The van der Waals surface area contributed by atoms with Crippen LogP contribution >= 0.6 is 11.6 Å². The second kappa shape index (κ2) is 11.5. The minimum atomic E-state index is -0.701. The van der Waals surface area contributed by atoms with Crippen LogP contribution in [0.5, 0.6) is 5.88 Å². The van der Waals surface area contributed by atoms with Gasteiger partial charge in [0, 0.05) is 59.7 Å². The van der Waals surface area contributed by atoms with E-state index in [0.717, 1.165) is 5.69 Å². The quantitative estimate of drug-likeness (QED) is 0.279. The van der Waals surface area contributed by atoms with Crippen LogP contribution in [0, 0.1) is 12.7 Å². The lowest BCUT2D eigenvalue weighted by Gasteiger charge is -2.32. The van der Waals surface area contributed by atoms with E-state index < -0.39 is 17.5 Å². The molecule has 0 unspecified atom stereocenters. The summed E-state index contributed by atoms with van der Waals surface area (Å²) >= 11 is 6.56. The van der Waals surface area contributed by atoms with Crippen molar-refractivity contribution in [2.75, 3.05) is 29.9 Å². The van der Waals surface area contributed by atoms with Crippen molar-refractivity contribution in [3.05, 3.63) is 52.7 Å². The number of carbonyl (C=O) groups is 2. The van der Waals surface area contributed by atoms with Gasteiger partial charge in [0.15, 0.2) is 5.82 Å². The third-order valence-corrected chi connectivity index (χ3v) is 8.23. The molecule has 2 aliphatic rings. The summed E-state index contributed by atoms with van der Waals surface area (Å²) in [5.41, 5.74) is 1.94. The summed E-state index contributed by atoms with van der Waals surface area (Å²) in [5.74, 6) is 0.694. The second-order valence-corrected chi connectivity index (χ2v) is 12.9. The molecular formula is C32H35ClFN7O4. The zero-order valence-electron chi connectivity index (χ0n) is 26.1. The standard InChI is InChI=1S/C32H35ClFN7O4/c1-17(2)39-8-7-20-13-25(38-41(20)16-26(39)42)37-24-12-19-11-21(28(34)27(33)23(19)15-35-24)22-14-36-30-29(18(22)3)40(9-10-44-30)31(43)45-32(4,5)6/h11-15,17H,7-10,16H2,1-6H3,(H,35,37,38). The lowest BCUT2D eigenvalue weighted by molar-refractivity contribution is -0.133. The van der Waals surface area contributed by atoms with Crippen molar-refractivity contribution < 1.29 is 23.5 Å². The van der Waals surface area contributed by atoms with Crippen molar-refractivity contribution in [2.45, 2.75) is 66.2 Å². The molecule has 236 valence electrons. The van der Waals surface area contributed by atoms with E-state index in [9.17, 15) is 9.59 Å². The van der Waals surface area contributed by atoms with E-state index in [1.54, 1.807) is 44.5 Å². The molecule has 0 fully saturated rings. The summed E-state index contributed by atoms with van der Waals surface area (Å²) in [6.45, 7) is 12.5. The van der Waals surface area contributed by atoms with Crippen LogP contribution in [0.4, 0.5) is 26.5 Å². The summed E-state index contributed by atoms with van der Waals surface area (Å²) in [7, 11) is 0. The smallest absolute Gasteiger partial charge is 0.415 e. The minimum Gasteiger partial charge on any atom is -0.474 e. The third kappa shape index (κ3) is 5.86. The molecule has 0 aliphatic carbocycles. The first-order chi connectivity index (χ1) is 21.3. The lowest BCUT2D eigenvalue weighted by Crippen LogP contribution is -2.42. The Morgan fingerprint density at radius 3 is 2.62 bits per heavy atom. The van der Waals surface area contributed by atoms with Gasteiger partial charge in [-0.25, -0.2) is 19.2 Å². The van der Waals surface area contributed by atoms with E-state index >= 15 is 4.39 Å². The van der Waals surface area contributed by atoms with Gasteiger partial charge in [0.1, 0.15) is 36.1 Å². The van der Waals surface area contributed by atoms with Crippen molar-refractivity contribution in [2.24, 2.45) is 0 Å². The van der Waals surface area contributed by atoms with E-state index in [1.807, 2.05) is 24.8 Å². The molecule has 1 aromatic carbocycles. The molecule has 2 amide bonds. The average molecular weight is 636 g/mol. The molecule has 45 heavy (non-hydrogen) atoms. The topological polar surface area (TPSA) is 115 Å². The maximum absolute atomic E-state index is 15.8. The SMILES string of the molecule is Cc1c(-c2cc3cc(Nc4cc5n(n4)CC(=O)N(C(C)C)CC5)ncc3c(Cl)c2F)cnc2c1N(C(=O)OC(C)(C)C)CCO2. The summed E-state index contributed by atoms with van der Waals surface area (Å²) in [5, 5.41) is 8.79. The van der Waals surface area contributed by atoms with Gasteiger partial charge in [-0.3, -0.25) is 14.4 Å². The summed E-state index contributed by atoms with van der Waals surface area (Å²) < 4.78 is 28.9. The fourth-order valence-corrected chi connectivity index (χ4v) is 5.97. The number of aromatic nitrogens is 4. The van der Waals surface area contributed by atoms with Gasteiger partial charge in [0.05, 0.1) is 11.6 Å². The number of ether oxygens (including phenoxy) is 2. The Kier molecular flexibility index (Phi) is 7.80. The Labute approximate surface area is 265 Å². The molecule has 0 atom stereocenters. The van der Waals surface area contributed by atoms with Crippen LogP contribution in [0.1, 0.15) is 45.9 Å². The number of hydrogen-bond acceptors (Lipinski definition) is 8. The van der Waals surface area contributed by atoms with E-state index in [-0.39, 0.29) is 48.1 Å². The van der Waals surface area contributed by atoms with Crippen LogP contribution in [-0.4, -0.2) is 68.0 Å². The number of nitrogens with zero attached hydrogens (tertiary/aromatic N) is 6. The largest absolute Gasteiger partial charge is 0.474 e. The van der Waals surface area contributed by atoms with Gasteiger partial charge in [-0.15, -0.1) is 0 Å². The molecule has 2 aliphatic heterocycles. The molecule has 0 saturated carbocycles.